The third-order valence-corrected chi connectivity index (χ3v) is 7.63. The summed E-state index contributed by atoms with van der Waals surface area (Å²) in [6.45, 7) is 6.15. The Kier molecular flexibility index (Phi) is 6.68. The molecule has 3 heterocycles. The second-order valence-electron chi connectivity index (χ2n) is 8.85. The minimum absolute atomic E-state index is 0.214. The highest BCUT2D eigenvalue weighted by molar-refractivity contribution is 9.10. The van der Waals surface area contributed by atoms with Gasteiger partial charge in [-0.1, -0.05) is 70.3 Å². The van der Waals surface area contributed by atoms with Gasteiger partial charge in [0, 0.05) is 27.4 Å². The first kappa shape index (κ1) is 25.0. The summed E-state index contributed by atoms with van der Waals surface area (Å²) < 4.78 is 10.4. The minimum Gasteiger partial charge on any atom is -0.489 e. The fourth-order valence-corrected chi connectivity index (χ4v) is 5.40. The number of halogens is 1. The first-order valence-electron chi connectivity index (χ1n) is 12.2. The maximum Gasteiger partial charge on any atom is 0.291 e. The fraction of sp³-hybridized carbons (Fsp3) is 0.0667. The van der Waals surface area contributed by atoms with E-state index in [-0.39, 0.29) is 5.56 Å². The van der Waals surface area contributed by atoms with Gasteiger partial charge in [-0.2, -0.15) is 14.6 Å². The Labute approximate surface area is 236 Å². The van der Waals surface area contributed by atoms with Crippen molar-refractivity contribution in [3.05, 3.63) is 122 Å². The van der Waals surface area contributed by atoms with E-state index in [9.17, 15) is 4.79 Å². The molecule has 0 aliphatic rings. The van der Waals surface area contributed by atoms with Crippen molar-refractivity contribution in [2.24, 2.45) is 0 Å². The molecule has 0 saturated carbocycles. The van der Waals surface area contributed by atoms with Gasteiger partial charge in [-0.05, 0) is 61.0 Å². The van der Waals surface area contributed by atoms with E-state index in [0.717, 1.165) is 43.9 Å². The number of thiazole rings is 1. The van der Waals surface area contributed by atoms with Crippen molar-refractivity contribution in [2.45, 2.75) is 6.92 Å². The molecule has 0 atom stereocenters. The van der Waals surface area contributed by atoms with Crippen molar-refractivity contribution in [1.29, 1.82) is 0 Å². The van der Waals surface area contributed by atoms with Gasteiger partial charge in [0.2, 0.25) is 4.96 Å². The first-order valence-corrected chi connectivity index (χ1v) is 13.8. The number of aryl methyl sites for hydroxylation is 1. The molecule has 0 bridgehead atoms. The van der Waals surface area contributed by atoms with Crippen LogP contribution in [0.1, 0.15) is 11.1 Å². The van der Waals surface area contributed by atoms with Gasteiger partial charge in [0.1, 0.15) is 18.1 Å². The van der Waals surface area contributed by atoms with E-state index >= 15 is 0 Å². The van der Waals surface area contributed by atoms with Crippen LogP contribution in [-0.2, 0) is 0 Å². The van der Waals surface area contributed by atoms with Crippen molar-refractivity contribution in [3.8, 4) is 34.1 Å². The van der Waals surface area contributed by atoms with E-state index in [0.29, 0.717) is 21.9 Å². The Hall–Kier alpha value is -4.34. The molecule has 0 spiro atoms. The summed E-state index contributed by atoms with van der Waals surface area (Å²) in [4.78, 5) is 18.5. The molecule has 0 radical (unpaired) electrons. The van der Waals surface area contributed by atoms with Crippen LogP contribution in [0.5, 0.6) is 5.75 Å². The lowest BCUT2D eigenvalue weighted by atomic mass is 10.0. The van der Waals surface area contributed by atoms with Crippen LogP contribution in [0.4, 0.5) is 0 Å². The number of nitrogens with zero attached hydrogens (tertiary/aromatic N) is 5. The van der Waals surface area contributed by atoms with Gasteiger partial charge in [0.05, 0.1) is 10.2 Å². The van der Waals surface area contributed by atoms with Crippen LogP contribution in [0.2, 0.25) is 0 Å². The fourth-order valence-electron chi connectivity index (χ4n) is 4.23. The normalized spacial score (nSPS) is 11.8. The van der Waals surface area contributed by atoms with E-state index in [2.05, 4.69) is 32.6 Å². The predicted molar refractivity (Wildman–Crippen MR) is 158 cm³/mol. The van der Waals surface area contributed by atoms with Gasteiger partial charge in [-0.15, -0.1) is 5.10 Å². The minimum atomic E-state index is -0.214. The van der Waals surface area contributed by atoms with Crippen molar-refractivity contribution in [3.63, 3.8) is 0 Å². The van der Waals surface area contributed by atoms with Crippen LogP contribution in [-0.4, -0.2) is 31.0 Å². The van der Waals surface area contributed by atoms with Crippen molar-refractivity contribution >= 4 is 38.3 Å². The van der Waals surface area contributed by atoms with Crippen LogP contribution in [0.3, 0.4) is 0 Å². The third kappa shape index (κ3) is 4.94. The lowest BCUT2D eigenvalue weighted by Crippen LogP contribution is -2.23. The molecule has 0 fully saturated rings. The number of hydrogen-bond acceptors (Lipinski definition) is 6. The molecule has 192 valence electrons. The van der Waals surface area contributed by atoms with Crippen LogP contribution >= 0.6 is 27.3 Å². The van der Waals surface area contributed by atoms with Crippen LogP contribution < -0.4 is 14.8 Å². The number of rotatable bonds is 7. The topological polar surface area (TPSA) is 74.3 Å². The number of fused-ring (bicyclic) bond motifs is 1. The monoisotopic (exact) mass is 595 g/mol. The Balaban J connectivity index is 1.45. The molecule has 0 unspecified atom stereocenters. The second-order valence-corrected chi connectivity index (χ2v) is 10.8. The SMILES string of the molecule is C=CCOc1ccc(-c2nn(-c3ccccc3)cc2/C=c2\sc3nc(-c4ccc(Br)cc4)nn3c2=O)cc1C. The quantitative estimate of drug-likeness (QED) is 0.216. The van der Waals surface area contributed by atoms with Crippen LogP contribution in [0.25, 0.3) is 39.4 Å². The Morgan fingerprint density at radius 1 is 1.03 bits per heavy atom. The van der Waals surface area contributed by atoms with Crippen LogP contribution in [0, 0.1) is 6.92 Å². The van der Waals surface area contributed by atoms with Crippen molar-refractivity contribution in [1.82, 2.24) is 24.4 Å². The molecule has 0 saturated heterocycles. The van der Waals surface area contributed by atoms with E-state index in [1.54, 1.807) is 6.08 Å². The zero-order valence-corrected chi connectivity index (χ0v) is 23.3. The molecule has 3 aromatic heterocycles. The van der Waals surface area contributed by atoms with Gasteiger partial charge < -0.3 is 4.74 Å². The van der Waals surface area contributed by atoms with Crippen molar-refractivity contribution < 1.29 is 4.74 Å². The Bertz CT molecular complexity index is 1920. The van der Waals surface area contributed by atoms with Crippen LogP contribution in [0.15, 0.2) is 101 Å². The molecule has 0 amide bonds. The van der Waals surface area contributed by atoms with Crippen molar-refractivity contribution in [2.75, 3.05) is 6.61 Å². The summed E-state index contributed by atoms with van der Waals surface area (Å²) in [6.07, 6.45) is 5.52. The zero-order valence-electron chi connectivity index (χ0n) is 20.9. The molecule has 6 rings (SSSR count). The summed E-state index contributed by atoms with van der Waals surface area (Å²) in [5.41, 5.74) is 5.03. The molecule has 0 aliphatic heterocycles. The summed E-state index contributed by atoms with van der Waals surface area (Å²) in [5.74, 6) is 1.31. The first-order chi connectivity index (χ1) is 19.0. The van der Waals surface area contributed by atoms with E-state index in [4.69, 9.17) is 9.84 Å². The van der Waals surface area contributed by atoms with Gasteiger partial charge in [-0.3, -0.25) is 4.79 Å². The van der Waals surface area contributed by atoms with Gasteiger partial charge >= 0.3 is 0 Å². The summed E-state index contributed by atoms with van der Waals surface area (Å²) in [6, 6.07) is 23.5. The molecule has 3 aromatic carbocycles. The maximum absolute atomic E-state index is 13.3. The van der Waals surface area contributed by atoms with E-state index in [1.807, 2.05) is 96.7 Å². The third-order valence-electron chi connectivity index (χ3n) is 6.14. The highest BCUT2D eigenvalue weighted by atomic mass is 79.9. The predicted octanol–water partition coefficient (Wildman–Crippen LogP) is 5.85. The standard InChI is InChI=1S/C30H22BrN5O2S/c1-3-15-38-25-14-11-21(16-19(25)2)27-22(18-35(33-27)24-7-5-4-6-8-24)17-26-29(37)36-30(39-26)32-28(34-36)20-9-12-23(31)13-10-20/h3-14,16-18H,1,15H2,2H3/b26-17-. The number of benzene rings is 3. The molecule has 39 heavy (non-hydrogen) atoms. The van der Waals surface area contributed by atoms with E-state index < -0.39 is 0 Å². The Morgan fingerprint density at radius 3 is 2.51 bits per heavy atom. The van der Waals surface area contributed by atoms with Gasteiger partial charge in [0.25, 0.3) is 5.56 Å². The molecule has 6 aromatic rings. The molecule has 0 aliphatic carbocycles. The average Bonchev–Trinajstić information content (AvgIpc) is 3.64. The highest BCUT2D eigenvalue weighted by Crippen LogP contribution is 2.29. The van der Waals surface area contributed by atoms with Gasteiger partial charge in [-0.25, -0.2) is 4.68 Å². The average molecular weight is 597 g/mol. The summed E-state index contributed by atoms with van der Waals surface area (Å²) in [7, 11) is 0. The molecular formula is C30H22BrN5O2S. The summed E-state index contributed by atoms with van der Waals surface area (Å²) in [5, 5.41) is 9.38. The Morgan fingerprint density at radius 2 is 1.79 bits per heavy atom. The second kappa shape index (κ2) is 10.4. The largest absolute Gasteiger partial charge is 0.489 e. The number of hydrogen-bond donors (Lipinski definition) is 0. The molecule has 7 nitrogen and oxygen atoms in total. The van der Waals surface area contributed by atoms with E-state index in [1.165, 1.54) is 15.9 Å². The molecule has 9 heteroatoms. The van der Waals surface area contributed by atoms with Gasteiger partial charge in [0.15, 0.2) is 5.82 Å². The molecule has 0 N–H and O–H groups in total. The number of para-hydroxylation sites is 1. The smallest absolute Gasteiger partial charge is 0.291 e. The lowest BCUT2D eigenvalue weighted by Gasteiger charge is -2.08. The lowest BCUT2D eigenvalue weighted by molar-refractivity contribution is 0.361. The maximum atomic E-state index is 13.3. The number of aromatic nitrogens is 5. The molecular weight excluding hydrogens is 574 g/mol. The zero-order chi connectivity index (χ0) is 26.9. The highest BCUT2D eigenvalue weighted by Gasteiger charge is 2.16. The number of ether oxygens (including phenoxy) is 1. The summed E-state index contributed by atoms with van der Waals surface area (Å²) >= 11 is 4.75.